The van der Waals surface area contributed by atoms with Crippen LogP contribution in [-0.2, 0) is 0 Å². The van der Waals surface area contributed by atoms with E-state index in [4.69, 9.17) is 0 Å². The van der Waals surface area contributed by atoms with Crippen LogP contribution in [-0.4, -0.2) is 45.8 Å². The third-order valence-electron chi connectivity index (χ3n) is 3.12. The lowest BCUT2D eigenvalue weighted by molar-refractivity contribution is 0.277. The second-order valence-corrected chi connectivity index (χ2v) is 4.16. The first kappa shape index (κ1) is 11.8. The molecule has 17 heavy (non-hydrogen) atoms. The van der Waals surface area contributed by atoms with Gasteiger partial charge in [-0.15, -0.1) is 5.10 Å². The topological polar surface area (TPSA) is 93.9 Å². The highest BCUT2D eigenvalue weighted by molar-refractivity contribution is 5.28. The van der Waals surface area contributed by atoms with Gasteiger partial charge in [0, 0.05) is 12.6 Å². The molecule has 3 N–H and O–H groups in total. The fraction of sp³-hybridized carbons (Fsp3) is 0.700. The molecule has 1 saturated heterocycles. The molecule has 1 fully saturated rings. The predicted octanol–water partition coefficient (Wildman–Crippen LogP) is -0.646. The molecule has 0 amide bonds. The lowest BCUT2D eigenvalue weighted by Crippen LogP contribution is -2.36. The van der Waals surface area contributed by atoms with Crippen molar-refractivity contribution < 1.29 is 0 Å². The van der Waals surface area contributed by atoms with Crippen LogP contribution < -0.4 is 16.6 Å². The molecule has 1 aromatic rings. The maximum absolute atomic E-state index is 11.4. The summed E-state index contributed by atoms with van der Waals surface area (Å²) < 4.78 is 0. The molecule has 1 aliphatic heterocycles. The highest BCUT2D eigenvalue weighted by Crippen LogP contribution is 2.16. The van der Waals surface area contributed by atoms with Gasteiger partial charge in [-0.1, -0.05) is 6.92 Å². The monoisotopic (exact) mass is 239 g/mol. The Morgan fingerprint density at radius 1 is 1.53 bits per heavy atom. The van der Waals surface area contributed by atoms with Crippen LogP contribution >= 0.6 is 0 Å². The number of H-pyrrole nitrogens is 2. The summed E-state index contributed by atoms with van der Waals surface area (Å²) in [6, 6.07) is 0.438. The fourth-order valence-electron chi connectivity index (χ4n) is 2.22. The minimum absolute atomic E-state index is 0.174. The van der Waals surface area contributed by atoms with Crippen molar-refractivity contribution in [2.75, 3.05) is 25.0 Å². The molecular formula is C10H17N5O2. The van der Waals surface area contributed by atoms with Crippen LogP contribution in [0.3, 0.4) is 0 Å². The molecule has 0 aromatic carbocycles. The number of nitrogens with zero attached hydrogens (tertiary/aromatic N) is 2. The molecule has 94 valence electrons. The Morgan fingerprint density at radius 2 is 2.35 bits per heavy atom. The highest BCUT2D eigenvalue weighted by atomic mass is 16.2. The first-order chi connectivity index (χ1) is 8.20. The van der Waals surface area contributed by atoms with E-state index in [-0.39, 0.29) is 5.82 Å². The third kappa shape index (κ3) is 2.73. The molecule has 1 aliphatic rings. The molecule has 2 rings (SSSR count). The van der Waals surface area contributed by atoms with Gasteiger partial charge in [0.2, 0.25) is 5.82 Å². The van der Waals surface area contributed by atoms with Gasteiger partial charge in [-0.25, -0.2) is 9.89 Å². The number of hydrogen-bond donors (Lipinski definition) is 3. The summed E-state index contributed by atoms with van der Waals surface area (Å²) in [6.45, 7) is 4.93. The summed E-state index contributed by atoms with van der Waals surface area (Å²) in [4.78, 5) is 26.7. The van der Waals surface area contributed by atoms with Crippen LogP contribution in [0.2, 0.25) is 0 Å². The van der Waals surface area contributed by atoms with Crippen LogP contribution in [0, 0.1) is 0 Å². The van der Waals surface area contributed by atoms with Crippen molar-refractivity contribution in [2.24, 2.45) is 0 Å². The molecule has 1 aromatic heterocycles. The summed E-state index contributed by atoms with van der Waals surface area (Å²) in [5, 5.41) is 8.86. The number of rotatable bonds is 4. The Bertz CT molecular complexity index is 480. The van der Waals surface area contributed by atoms with Crippen LogP contribution in [0.1, 0.15) is 19.8 Å². The van der Waals surface area contributed by atoms with E-state index in [2.05, 4.69) is 32.3 Å². The Balaban J connectivity index is 1.98. The quantitative estimate of drug-likeness (QED) is 0.649. The molecule has 2 heterocycles. The van der Waals surface area contributed by atoms with Crippen molar-refractivity contribution in [3.05, 3.63) is 20.8 Å². The SMILES string of the molecule is CCN1CCCC1CNc1n[nH]c(=O)[nH]c1=O. The van der Waals surface area contributed by atoms with Crippen molar-refractivity contribution in [3.63, 3.8) is 0 Å². The molecule has 0 bridgehead atoms. The van der Waals surface area contributed by atoms with Gasteiger partial charge >= 0.3 is 5.69 Å². The van der Waals surface area contributed by atoms with Gasteiger partial charge < -0.3 is 5.32 Å². The van der Waals surface area contributed by atoms with Crippen molar-refractivity contribution in [1.29, 1.82) is 0 Å². The molecule has 1 unspecified atom stereocenters. The number of anilines is 1. The number of aromatic nitrogens is 3. The second-order valence-electron chi connectivity index (χ2n) is 4.16. The number of likely N-dealkylation sites (N-methyl/N-ethyl adjacent to an activating group) is 1. The van der Waals surface area contributed by atoms with Gasteiger partial charge in [-0.2, -0.15) is 0 Å². The fourth-order valence-corrected chi connectivity index (χ4v) is 2.22. The average Bonchev–Trinajstić information content (AvgIpc) is 2.75. The Kier molecular flexibility index (Phi) is 3.58. The third-order valence-corrected chi connectivity index (χ3v) is 3.12. The minimum atomic E-state index is -0.586. The van der Waals surface area contributed by atoms with E-state index in [1.165, 1.54) is 6.42 Å². The average molecular weight is 239 g/mol. The van der Waals surface area contributed by atoms with Gasteiger partial charge in [-0.05, 0) is 25.9 Å². The van der Waals surface area contributed by atoms with E-state index in [1.54, 1.807) is 0 Å². The first-order valence-corrected chi connectivity index (χ1v) is 5.87. The summed E-state index contributed by atoms with van der Waals surface area (Å²) in [6.07, 6.45) is 2.32. The van der Waals surface area contributed by atoms with Crippen LogP contribution in [0.15, 0.2) is 9.59 Å². The smallest absolute Gasteiger partial charge is 0.342 e. The summed E-state index contributed by atoms with van der Waals surface area (Å²) in [5.41, 5.74) is -1.06. The van der Waals surface area contributed by atoms with E-state index in [0.717, 1.165) is 19.5 Å². The standard InChI is InChI=1S/C10H17N5O2/c1-2-15-5-3-4-7(15)6-11-8-9(16)12-10(17)14-13-8/h7H,2-6H2,1H3,(H,11,13)(H2,12,14,16,17). The van der Waals surface area contributed by atoms with E-state index in [1.807, 2.05) is 0 Å². The van der Waals surface area contributed by atoms with Crippen molar-refractivity contribution in [3.8, 4) is 0 Å². The van der Waals surface area contributed by atoms with Crippen molar-refractivity contribution in [2.45, 2.75) is 25.8 Å². The zero-order valence-electron chi connectivity index (χ0n) is 9.82. The van der Waals surface area contributed by atoms with Gasteiger partial charge in [0.15, 0.2) is 0 Å². The largest absolute Gasteiger partial charge is 0.362 e. The van der Waals surface area contributed by atoms with Gasteiger partial charge in [0.1, 0.15) is 0 Å². The lowest BCUT2D eigenvalue weighted by atomic mass is 10.2. The predicted molar refractivity (Wildman–Crippen MR) is 64.2 cm³/mol. The molecule has 0 aliphatic carbocycles. The van der Waals surface area contributed by atoms with E-state index in [9.17, 15) is 9.59 Å². The zero-order valence-corrected chi connectivity index (χ0v) is 9.82. The highest BCUT2D eigenvalue weighted by Gasteiger charge is 2.22. The number of aromatic amines is 2. The molecule has 7 heteroatoms. The summed E-state index contributed by atoms with van der Waals surface area (Å²) in [7, 11) is 0. The number of hydrogen-bond acceptors (Lipinski definition) is 5. The molecule has 0 saturated carbocycles. The molecule has 0 radical (unpaired) electrons. The Labute approximate surface area is 98.2 Å². The zero-order chi connectivity index (χ0) is 12.3. The van der Waals surface area contributed by atoms with E-state index >= 15 is 0 Å². The van der Waals surface area contributed by atoms with E-state index < -0.39 is 11.2 Å². The maximum atomic E-state index is 11.4. The number of likely N-dealkylation sites (tertiary alicyclic amines) is 1. The van der Waals surface area contributed by atoms with Crippen LogP contribution in [0.5, 0.6) is 0 Å². The Hall–Kier alpha value is -1.63. The summed E-state index contributed by atoms with van der Waals surface area (Å²) >= 11 is 0. The first-order valence-electron chi connectivity index (χ1n) is 5.87. The number of nitrogens with one attached hydrogen (secondary N) is 3. The second kappa shape index (κ2) is 5.13. The van der Waals surface area contributed by atoms with Gasteiger partial charge in [0.25, 0.3) is 5.56 Å². The van der Waals surface area contributed by atoms with Crippen molar-refractivity contribution in [1.82, 2.24) is 20.1 Å². The molecule has 1 atom stereocenters. The van der Waals surface area contributed by atoms with Crippen LogP contribution in [0.25, 0.3) is 0 Å². The minimum Gasteiger partial charge on any atom is -0.362 e. The normalized spacial score (nSPS) is 20.6. The maximum Gasteiger partial charge on any atom is 0.342 e. The summed E-state index contributed by atoms with van der Waals surface area (Å²) in [5.74, 6) is 0.174. The Morgan fingerprint density at radius 3 is 3.06 bits per heavy atom. The molecule has 7 nitrogen and oxygen atoms in total. The lowest BCUT2D eigenvalue weighted by Gasteiger charge is -2.22. The van der Waals surface area contributed by atoms with Crippen molar-refractivity contribution >= 4 is 5.82 Å². The van der Waals surface area contributed by atoms with Gasteiger partial charge in [-0.3, -0.25) is 14.7 Å². The van der Waals surface area contributed by atoms with E-state index in [0.29, 0.717) is 12.6 Å². The van der Waals surface area contributed by atoms with Crippen LogP contribution in [0.4, 0.5) is 5.82 Å². The molecular weight excluding hydrogens is 222 g/mol. The molecule has 0 spiro atoms. The van der Waals surface area contributed by atoms with Gasteiger partial charge in [0.05, 0.1) is 0 Å².